The van der Waals surface area contributed by atoms with Gasteiger partial charge in [0, 0.05) is 35.9 Å². The van der Waals surface area contributed by atoms with Crippen molar-refractivity contribution in [3.05, 3.63) is 144 Å². The zero-order valence-electron chi connectivity index (χ0n) is 26.6. The Labute approximate surface area is 286 Å². The molecule has 0 saturated carbocycles. The standard InChI is InChI=1S/2C18H13N5O2/c2*1-12-2-3-22-17(4-12)18(24)23-14-5-13(8-19)6-15(7-14)25-16-9-20-11-21-10-16/h2*2-7,9-11H,1H3,(H,23,24). The number of aromatic nitrogens is 6. The van der Waals surface area contributed by atoms with Gasteiger partial charge in [0.2, 0.25) is 0 Å². The molecule has 0 aliphatic rings. The second kappa shape index (κ2) is 16.3. The molecule has 2 N–H and O–H groups in total. The van der Waals surface area contributed by atoms with Crippen LogP contribution < -0.4 is 20.1 Å². The average molecular weight is 663 g/mol. The molecule has 0 aliphatic heterocycles. The predicted molar refractivity (Wildman–Crippen MR) is 180 cm³/mol. The summed E-state index contributed by atoms with van der Waals surface area (Å²) in [5.74, 6) is 0.897. The normalized spacial score (nSPS) is 9.92. The van der Waals surface area contributed by atoms with Gasteiger partial charge in [0.1, 0.15) is 35.5 Å². The first kappa shape index (κ1) is 33.8. The van der Waals surface area contributed by atoms with Crippen LogP contribution in [-0.2, 0) is 0 Å². The number of nitrogens with zero attached hydrogens (tertiary/aromatic N) is 8. The summed E-state index contributed by atoms with van der Waals surface area (Å²) in [4.78, 5) is 48.2. The summed E-state index contributed by atoms with van der Waals surface area (Å²) in [6.07, 6.45) is 11.9. The summed E-state index contributed by atoms with van der Waals surface area (Å²) < 4.78 is 11.2. The van der Waals surface area contributed by atoms with Crippen molar-refractivity contribution in [1.82, 2.24) is 29.9 Å². The van der Waals surface area contributed by atoms with Gasteiger partial charge >= 0.3 is 0 Å². The molecule has 0 bridgehead atoms. The highest BCUT2D eigenvalue weighted by Crippen LogP contribution is 2.27. The van der Waals surface area contributed by atoms with E-state index < -0.39 is 0 Å². The minimum atomic E-state index is -0.368. The Morgan fingerprint density at radius 3 is 1.34 bits per heavy atom. The maximum absolute atomic E-state index is 12.3. The van der Waals surface area contributed by atoms with Gasteiger partial charge in [-0.1, -0.05) is 0 Å². The lowest BCUT2D eigenvalue weighted by atomic mass is 10.2. The maximum Gasteiger partial charge on any atom is 0.274 e. The Balaban J connectivity index is 0.000000194. The quantitative estimate of drug-likeness (QED) is 0.187. The lowest BCUT2D eigenvalue weighted by molar-refractivity contribution is 0.101. The minimum absolute atomic E-state index is 0.293. The Bertz CT molecular complexity index is 2060. The van der Waals surface area contributed by atoms with Crippen LogP contribution in [-0.4, -0.2) is 41.7 Å². The molecule has 4 heterocycles. The van der Waals surface area contributed by atoms with Crippen LogP contribution in [0.15, 0.2) is 110 Å². The molecule has 14 nitrogen and oxygen atoms in total. The lowest BCUT2D eigenvalue weighted by Gasteiger charge is -2.09. The van der Waals surface area contributed by atoms with E-state index in [-0.39, 0.29) is 11.8 Å². The molecule has 6 rings (SSSR count). The second-order valence-electron chi connectivity index (χ2n) is 10.4. The molecule has 6 aromatic rings. The Hall–Kier alpha value is -7.58. The number of pyridine rings is 2. The number of carbonyl (C=O) groups is 2. The third kappa shape index (κ3) is 9.71. The molecule has 0 unspecified atom stereocenters. The van der Waals surface area contributed by atoms with Gasteiger partial charge in [-0.3, -0.25) is 19.6 Å². The number of anilines is 2. The van der Waals surface area contributed by atoms with E-state index in [1.54, 1.807) is 73.1 Å². The van der Waals surface area contributed by atoms with E-state index in [1.807, 2.05) is 26.0 Å². The number of amides is 2. The topological polar surface area (TPSA) is 202 Å². The van der Waals surface area contributed by atoms with Crippen LogP contribution in [0.5, 0.6) is 23.0 Å². The number of hydrogen-bond acceptors (Lipinski definition) is 12. The highest BCUT2D eigenvalue weighted by molar-refractivity contribution is 6.03. The molecule has 2 aromatic carbocycles. The van der Waals surface area contributed by atoms with Crippen molar-refractivity contribution in [3.63, 3.8) is 0 Å². The number of nitriles is 2. The van der Waals surface area contributed by atoms with Crippen molar-refractivity contribution in [2.75, 3.05) is 10.6 Å². The van der Waals surface area contributed by atoms with E-state index in [0.717, 1.165) is 11.1 Å². The fourth-order valence-electron chi connectivity index (χ4n) is 4.25. The molecule has 0 radical (unpaired) electrons. The van der Waals surface area contributed by atoms with Gasteiger partial charge in [-0.05, 0) is 73.5 Å². The summed E-state index contributed by atoms with van der Waals surface area (Å²) in [7, 11) is 0. The number of carbonyl (C=O) groups excluding carboxylic acids is 2. The molecule has 244 valence electrons. The van der Waals surface area contributed by atoms with Crippen LogP contribution in [0.4, 0.5) is 11.4 Å². The molecule has 14 heteroatoms. The van der Waals surface area contributed by atoms with Crippen molar-refractivity contribution in [3.8, 4) is 35.1 Å². The molecule has 0 atom stereocenters. The van der Waals surface area contributed by atoms with Gasteiger partial charge in [-0.25, -0.2) is 19.9 Å². The fraction of sp³-hybridized carbons (Fsp3) is 0.0556. The number of ether oxygens (including phenoxy) is 2. The van der Waals surface area contributed by atoms with Crippen molar-refractivity contribution >= 4 is 23.2 Å². The Morgan fingerprint density at radius 2 is 0.980 bits per heavy atom. The molecular weight excluding hydrogens is 636 g/mol. The van der Waals surface area contributed by atoms with Crippen molar-refractivity contribution < 1.29 is 19.1 Å². The summed E-state index contributed by atoms with van der Waals surface area (Å²) in [5.41, 5.74) is 4.00. The molecule has 0 spiro atoms. The zero-order chi connectivity index (χ0) is 35.3. The third-order valence-corrected chi connectivity index (χ3v) is 6.43. The van der Waals surface area contributed by atoms with Crippen LogP contribution in [0.1, 0.15) is 43.2 Å². The number of nitrogens with one attached hydrogen (secondary N) is 2. The van der Waals surface area contributed by atoms with Crippen LogP contribution >= 0.6 is 0 Å². The number of benzene rings is 2. The third-order valence-electron chi connectivity index (χ3n) is 6.43. The smallest absolute Gasteiger partial charge is 0.274 e. The van der Waals surface area contributed by atoms with Crippen molar-refractivity contribution in [2.24, 2.45) is 0 Å². The summed E-state index contributed by atoms with van der Waals surface area (Å²) in [6.45, 7) is 3.76. The van der Waals surface area contributed by atoms with Gasteiger partial charge in [0.05, 0.1) is 48.1 Å². The monoisotopic (exact) mass is 662 g/mol. The average Bonchev–Trinajstić information content (AvgIpc) is 3.12. The molecule has 0 saturated heterocycles. The SMILES string of the molecule is Cc1ccnc(C(=O)Nc2cc(C#N)cc(Oc3cncnc3)c2)c1.Cc1ccnc(C(=O)Nc2cc(C#N)cc(Oc3cncnc3)c2)c1. The first-order valence-electron chi connectivity index (χ1n) is 14.7. The van der Waals surface area contributed by atoms with E-state index in [2.05, 4.69) is 40.5 Å². The predicted octanol–water partition coefficient (Wildman–Crippen LogP) is 6.19. The summed E-state index contributed by atoms with van der Waals surface area (Å²) >= 11 is 0. The summed E-state index contributed by atoms with van der Waals surface area (Å²) in [5, 5.41) is 23.8. The highest BCUT2D eigenvalue weighted by atomic mass is 16.5. The molecule has 4 aromatic heterocycles. The van der Waals surface area contributed by atoms with Crippen LogP contribution in [0, 0.1) is 36.5 Å². The largest absolute Gasteiger partial charge is 0.454 e. The first-order chi connectivity index (χ1) is 24.3. The van der Waals surface area contributed by atoms with E-state index >= 15 is 0 Å². The summed E-state index contributed by atoms with van der Waals surface area (Å²) in [6, 6.07) is 20.5. The van der Waals surface area contributed by atoms with E-state index in [1.165, 1.54) is 37.4 Å². The van der Waals surface area contributed by atoms with Crippen LogP contribution in [0.3, 0.4) is 0 Å². The van der Waals surface area contributed by atoms with Gasteiger partial charge in [0.25, 0.3) is 11.8 Å². The first-order valence-corrected chi connectivity index (χ1v) is 14.7. The highest BCUT2D eigenvalue weighted by Gasteiger charge is 2.12. The van der Waals surface area contributed by atoms with Crippen LogP contribution in [0.25, 0.3) is 0 Å². The second-order valence-corrected chi connectivity index (χ2v) is 10.4. The minimum Gasteiger partial charge on any atom is -0.454 e. The number of hydrogen-bond donors (Lipinski definition) is 2. The van der Waals surface area contributed by atoms with Crippen molar-refractivity contribution in [1.29, 1.82) is 10.5 Å². The Morgan fingerprint density at radius 1 is 0.580 bits per heavy atom. The molecule has 0 aliphatic carbocycles. The molecule has 50 heavy (non-hydrogen) atoms. The molecule has 0 fully saturated rings. The van der Waals surface area contributed by atoms with Gasteiger partial charge < -0.3 is 20.1 Å². The molecular formula is C36H26N10O4. The number of aryl methyl sites for hydroxylation is 2. The van der Waals surface area contributed by atoms with Crippen molar-refractivity contribution in [2.45, 2.75) is 13.8 Å². The van der Waals surface area contributed by atoms with E-state index in [0.29, 0.717) is 56.9 Å². The Kier molecular flexibility index (Phi) is 11.0. The van der Waals surface area contributed by atoms with Crippen LogP contribution in [0.2, 0.25) is 0 Å². The van der Waals surface area contributed by atoms with E-state index in [9.17, 15) is 20.1 Å². The van der Waals surface area contributed by atoms with Gasteiger partial charge in [0.15, 0.2) is 11.5 Å². The zero-order valence-corrected chi connectivity index (χ0v) is 26.6. The van der Waals surface area contributed by atoms with Gasteiger partial charge in [-0.2, -0.15) is 10.5 Å². The molecule has 2 amide bonds. The lowest BCUT2D eigenvalue weighted by Crippen LogP contribution is -2.13. The van der Waals surface area contributed by atoms with E-state index in [4.69, 9.17) is 9.47 Å². The number of rotatable bonds is 8. The fourth-order valence-corrected chi connectivity index (χ4v) is 4.25. The maximum atomic E-state index is 12.3. The van der Waals surface area contributed by atoms with Gasteiger partial charge in [-0.15, -0.1) is 0 Å².